The first-order valence-electron chi connectivity index (χ1n) is 6.20. The van der Waals surface area contributed by atoms with Crippen LogP contribution in [0.1, 0.15) is 28.1 Å². The number of hydrogen-bond acceptors (Lipinski definition) is 3. The van der Waals surface area contributed by atoms with E-state index in [1.807, 2.05) is 19.9 Å². The summed E-state index contributed by atoms with van der Waals surface area (Å²) in [6.45, 7) is 8.68. The Morgan fingerprint density at radius 2 is 1.78 bits per heavy atom. The summed E-state index contributed by atoms with van der Waals surface area (Å²) in [5, 5.41) is 3.95. The van der Waals surface area contributed by atoms with Crippen LogP contribution in [0.15, 0.2) is 22.7 Å². The number of para-hydroxylation sites is 1. The van der Waals surface area contributed by atoms with E-state index in [2.05, 4.69) is 31.1 Å². The van der Waals surface area contributed by atoms with Gasteiger partial charge in [-0.05, 0) is 38.8 Å². The topological polar surface area (TPSA) is 35.3 Å². The Labute approximate surface area is 108 Å². The van der Waals surface area contributed by atoms with Crippen molar-refractivity contribution in [3.8, 4) is 5.75 Å². The first-order chi connectivity index (χ1) is 8.59. The minimum Gasteiger partial charge on any atom is -0.493 e. The predicted octanol–water partition coefficient (Wildman–Crippen LogP) is 3.53. The second-order valence-corrected chi connectivity index (χ2v) is 4.62. The molecule has 1 aromatic carbocycles. The molecule has 0 aliphatic carbocycles. The molecule has 0 fully saturated rings. The van der Waals surface area contributed by atoms with E-state index in [1.54, 1.807) is 0 Å². The van der Waals surface area contributed by atoms with E-state index in [4.69, 9.17) is 9.26 Å². The molecule has 0 amide bonds. The van der Waals surface area contributed by atoms with Crippen molar-refractivity contribution in [2.45, 2.75) is 34.1 Å². The van der Waals surface area contributed by atoms with Crippen molar-refractivity contribution in [3.63, 3.8) is 0 Å². The van der Waals surface area contributed by atoms with Crippen LogP contribution in [-0.2, 0) is 6.42 Å². The van der Waals surface area contributed by atoms with Gasteiger partial charge in [-0.2, -0.15) is 0 Å². The van der Waals surface area contributed by atoms with Crippen molar-refractivity contribution in [1.29, 1.82) is 0 Å². The van der Waals surface area contributed by atoms with E-state index < -0.39 is 0 Å². The molecule has 0 unspecified atom stereocenters. The van der Waals surface area contributed by atoms with E-state index >= 15 is 0 Å². The molecule has 0 aliphatic rings. The van der Waals surface area contributed by atoms with E-state index in [1.165, 1.54) is 11.1 Å². The summed E-state index contributed by atoms with van der Waals surface area (Å²) in [6, 6.07) is 6.18. The standard InChI is InChI=1S/C15H19NO2/c1-10-6-5-7-11(2)15(10)17-9-8-14-12(3)16-18-13(14)4/h5-7H,8-9H2,1-4H3. The molecule has 0 radical (unpaired) electrons. The molecule has 0 atom stereocenters. The molecule has 18 heavy (non-hydrogen) atoms. The highest BCUT2D eigenvalue weighted by molar-refractivity contribution is 5.39. The monoisotopic (exact) mass is 245 g/mol. The van der Waals surface area contributed by atoms with Gasteiger partial charge in [-0.3, -0.25) is 0 Å². The quantitative estimate of drug-likeness (QED) is 0.826. The largest absolute Gasteiger partial charge is 0.493 e. The molecule has 0 N–H and O–H groups in total. The Morgan fingerprint density at radius 1 is 1.11 bits per heavy atom. The molecular weight excluding hydrogens is 226 g/mol. The molecule has 2 aromatic rings. The van der Waals surface area contributed by atoms with Crippen molar-refractivity contribution in [1.82, 2.24) is 5.16 Å². The fourth-order valence-corrected chi connectivity index (χ4v) is 2.14. The summed E-state index contributed by atoms with van der Waals surface area (Å²) in [5.74, 6) is 1.88. The number of aromatic nitrogens is 1. The smallest absolute Gasteiger partial charge is 0.137 e. The summed E-state index contributed by atoms with van der Waals surface area (Å²) >= 11 is 0. The SMILES string of the molecule is Cc1cccc(C)c1OCCc1c(C)noc1C. The normalized spacial score (nSPS) is 10.7. The van der Waals surface area contributed by atoms with Crippen LogP contribution >= 0.6 is 0 Å². The molecule has 2 rings (SSSR count). The number of hydrogen-bond donors (Lipinski definition) is 0. The van der Waals surface area contributed by atoms with Gasteiger partial charge in [0.05, 0.1) is 12.3 Å². The molecule has 96 valence electrons. The van der Waals surface area contributed by atoms with Crippen molar-refractivity contribution in [3.05, 3.63) is 46.3 Å². The molecule has 0 saturated carbocycles. The van der Waals surface area contributed by atoms with Crippen molar-refractivity contribution in [2.75, 3.05) is 6.61 Å². The first-order valence-corrected chi connectivity index (χ1v) is 6.20. The van der Waals surface area contributed by atoms with Gasteiger partial charge in [0.25, 0.3) is 0 Å². The van der Waals surface area contributed by atoms with Crippen molar-refractivity contribution >= 4 is 0 Å². The lowest BCUT2D eigenvalue weighted by atomic mass is 10.1. The van der Waals surface area contributed by atoms with Gasteiger partial charge >= 0.3 is 0 Å². The second kappa shape index (κ2) is 5.25. The molecule has 1 aromatic heterocycles. The molecule has 1 heterocycles. The van der Waals surface area contributed by atoms with Gasteiger partial charge in [0.2, 0.25) is 0 Å². The Kier molecular flexibility index (Phi) is 3.70. The molecular formula is C15H19NO2. The van der Waals surface area contributed by atoms with E-state index in [-0.39, 0.29) is 0 Å². The lowest BCUT2D eigenvalue weighted by Crippen LogP contribution is -2.04. The average molecular weight is 245 g/mol. The fourth-order valence-electron chi connectivity index (χ4n) is 2.14. The highest BCUT2D eigenvalue weighted by atomic mass is 16.5. The summed E-state index contributed by atoms with van der Waals surface area (Å²) < 4.78 is 11.0. The van der Waals surface area contributed by atoms with Gasteiger partial charge < -0.3 is 9.26 Å². The highest BCUT2D eigenvalue weighted by Crippen LogP contribution is 2.23. The maximum atomic E-state index is 5.88. The lowest BCUT2D eigenvalue weighted by Gasteiger charge is -2.11. The Bertz CT molecular complexity index is 504. The van der Waals surface area contributed by atoms with Crippen LogP contribution in [0.3, 0.4) is 0 Å². The number of nitrogens with zero attached hydrogens (tertiary/aromatic N) is 1. The third-order valence-electron chi connectivity index (χ3n) is 3.19. The zero-order valence-electron chi connectivity index (χ0n) is 11.4. The Balaban J connectivity index is 2.01. The van der Waals surface area contributed by atoms with Crippen LogP contribution in [0.5, 0.6) is 5.75 Å². The Morgan fingerprint density at radius 3 is 2.33 bits per heavy atom. The van der Waals surface area contributed by atoms with Crippen LogP contribution in [-0.4, -0.2) is 11.8 Å². The van der Waals surface area contributed by atoms with E-state index in [0.29, 0.717) is 6.61 Å². The molecule has 3 nitrogen and oxygen atoms in total. The van der Waals surface area contributed by atoms with Crippen LogP contribution in [0.4, 0.5) is 0 Å². The second-order valence-electron chi connectivity index (χ2n) is 4.62. The van der Waals surface area contributed by atoms with Crippen molar-refractivity contribution < 1.29 is 9.26 Å². The van der Waals surface area contributed by atoms with Crippen LogP contribution in [0.25, 0.3) is 0 Å². The maximum Gasteiger partial charge on any atom is 0.137 e. The molecule has 3 heteroatoms. The molecule has 0 aliphatic heterocycles. The van der Waals surface area contributed by atoms with Gasteiger partial charge in [0.1, 0.15) is 11.5 Å². The number of rotatable bonds is 4. The maximum absolute atomic E-state index is 5.88. The van der Waals surface area contributed by atoms with E-state index in [0.717, 1.165) is 29.2 Å². The minimum atomic E-state index is 0.647. The number of ether oxygens (including phenoxy) is 1. The molecule has 0 bridgehead atoms. The zero-order chi connectivity index (χ0) is 13.1. The third-order valence-corrected chi connectivity index (χ3v) is 3.19. The van der Waals surface area contributed by atoms with Gasteiger partial charge in [-0.25, -0.2) is 0 Å². The average Bonchev–Trinajstić information content (AvgIpc) is 2.64. The van der Waals surface area contributed by atoms with Gasteiger partial charge in [-0.1, -0.05) is 23.4 Å². The third kappa shape index (κ3) is 2.55. The fraction of sp³-hybridized carbons (Fsp3) is 0.400. The zero-order valence-corrected chi connectivity index (χ0v) is 11.4. The highest BCUT2D eigenvalue weighted by Gasteiger charge is 2.09. The van der Waals surface area contributed by atoms with Crippen molar-refractivity contribution in [2.24, 2.45) is 0 Å². The minimum absolute atomic E-state index is 0.647. The summed E-state index contributed by atoms with van der Waals surface area (Å²) in [7, 11) is 0. The van der Waals surface area contributed by atoms with Crippen LogP contribution in [0, 0.1) is 27.7 Å². The number of aryl methyl sites for hydroxylation is 4. The molecule has 0 spiro atoms. The summed E-state index contributed by atoms with van der Waals surface area (Å²) in [6.07, 6.45) is 0.828. The Hall–Kier alpha value is -1.77. The van der Waals surface area contributed by atoms with Crippen LogP contribution in [0.2, 0.25) is 0 Å². The predicted molar refractivity (Wildman–Crippen MR) is 71.1 cm³/mol. The lowest BCUT2D eigenvalue weighted by molar-refractivity contribution is 0.316. The van der Waals surface area contributed by atoms with E-state index in [9.17, 15) is 0 Å². The molecule has 0 saturated heterocycles. The first kappa shape index (κ1) is 12.7. The number of benzene rings is 1. The van der Waals surface area contributed by atoms with Gasteiger partial charge in [0, 0.05) is 12.0 Å². The van der Waals surface area contributed by atoms with Gasteiger partial charge in [0.15, 0.2) is 0 Å². The van der Waals surface area contributed by atoms with Crippen LogP contribution < -0.4 is 4.74 Å². The van der Waals surface area contributed by atoms with Gasteiger partial charge in [-0.15, -0.1) is 0 Å². The summed E-state index contributed by atoms with van der Waals surface area (Å²) in [5.41, 5.74) is 4.46. The summed E-state index contributed by atoms with van der Waals surface area (Å²) in [4.78, 5) is 0.